The highest BCUT2D eigenvalue weighted by atomic mass is 16.5. The molecule has 0 aromatic heterocycles. The Balaban J connectivity index is 3.54. The summed E-state index contributed by atoms with van der Waals surface area (Å²) in [6, 6.07) is 0. The van der Waals surface area contributed by atoms with Gasteiger partial charge in [0.15, 0.2) is 0 Å². The summed E-state index contributed by atoms with van der Waals surface area (Å²) in [5, 5.41) is 8.43. The Hall–Kier alpha value is -1.06. The van der Waals surface area contributed by atoms with Crippen molar-refractivity contribution in [2.24, 2.45) is 5.92 Å². The minimum Gasteiger partial charge on any atom is -0.481 e. The maximum Gasteiger partial charge on any atom is 0.309 e. The van der Waals surface area contributed by atoms with Gasteiger partial charge in [-0.05, 0) is 13.3 Å². The maximum atomic E-state index is 10.8. The lowest BCUT2D eigenvalue weighted by Crippen LogP contribution is -2.18. The van der Waals surface area contributed by atoms with Gasteiger partial charge in [0, 0.05) is 6.42 Å². The molecule has 12 heavy (non-hydrogen) atoms. The Kier molecular flexibility index (Phi) is 5.08. The molecule has 4 nitrogen and oxygen atoms in total. The second-order valence-corrected chi connectivity index (χ2v) is 2.67. The van der Waals surface area contributed by atoms with Crippen molar-refractivity contribution in [3.8, 4) is 0 Å². The fraction of sp³-hybridized carbons (Fsp3) is 0.750. The Bertz CT molecular complexity index is 164. The topological polar surface area (TPSA) is 63.6 Å². The van der Waals surface area contributed by atoms with Crippen LogP contribution in [-0.4, -0.2) is 23.7 Å². The predicted molar refractivity (Wildman–Crippen MR) is 42.7 cm³/mol. The molecule has 1 atom stereocenters. The van der Waals surface area contributed by atoms with E-state index < -0.39 is 11.9 Å². The molecule has 0 aliphatic heterocycles. The Labute approximate surface area is 71.5 Å². The van der Waals surface area contributed by atoms with Crippen molar-refractivity contribution in [2.45, 2.75) is 26.7 Å². The first-order chi connectivity index (χ1) is 5.57. The molecule has 1 N–H and O–H groups in total. The molecule has 0 aliphatic rings. The number of aliphatic carboxylic acids is 1. The van der Waals surface area contributed by atoms with Crippen LogP contribution in [0.25, 0.3) is 0 Å². The summed E-state index contributed by atoms with van der Waals surface area (Å²) in [6.45, 7) is 3.33. The van der Waals surface area contributed by atoms with Crippen LogP contribution in [0.4, 0.5) is 0 Å². The van der Waals surface area contributed by atoms with Gasteiger partial charge >= 0.3 is 11.9 Å². The van der Waals surface area contributed by atoms with Gasteiger partial charge in [0.1, 0.15) is 6.61 Å². The third-order valence-electron chi connectivity index (χ3n) is 1.37. The van der Waals surface area contributed by atoms with Gasteiger partial charge in [0.25, 0.3) is 0 Å². The van der Waals surface area contributed by atoms with E-state index in [9.17, 15) is 9.59 Å². The van der Waals surface area contributed by atoms with Crippen LogP contribution >= 0.6 is 0 Å². The van der Waals surface area contributed by atoms with E-state index in [2.05, 4.69) is 4.74 Å². The van der Waals surface area contributed by atoms with E-state index in [4.69, 9.17) is 5.11 Å². The first kappa shape index (κ1) is 10.9. The van der Waals surface area contributed by atoms with Gasteiger partial charge in [0.2, 0.25) is 0 Å². The van der Waals surface area contributed by atoms with Crippen molar-refractivity contribution in [1.29, 1.82) is 0 Å². The summed E-state index contributed by atoms with van der Waals surface area (Å²) >= 11 is 0. The lowest BCUT2D eigenvalue weighted by Gasteiger charge is -2.06. The summed E-state index contributed by atoms with van der Waals surface area (Å²) in [6.07, 6.45) is 1.08. The van der Waals surface area contributed by atoms with Crippen LogP contribution in [0.15, 0.2) is 0 Å². The van der Waals surface area contributed by atoms with Crippen LogP contribution in [0.5, 0.6) is 0 Å². The van der Waals surface area contributed by atoms with Gasteiger partial charge in [-0.1, -0.05) is 6.92 Å². The van der Waals surface area contributed by atoms with E-state index in [1.54, 1.807) is 0 Å². The highest BCUT2D eigenvalue weighted by Crippen LogP contribution is 1.98. The molecule has 0 spiro atoms. The highest BCUT2D eigenvalue weighted by molar-refractivity contribution is 5.72. The Morgan fingerprint density at radius 3 is 2.50 bits per heavy atom. The maximum absolute atomic E-state index is 10.8. The molecule has 0 aliphatic carbocycles. The number of esters is 1. The van der Waals surface area contributed by atoms with E-state index in [1.165, 1.54) is 6.92 Å². The zero-order valence-electron chi connectivity index (χ0n) is 7.37. The molecule has 70 valence electrons. The zero-order chi connectivity index (χ0) is 9.56. The number of carbonyl (C=O) groups is 2. The molecule has 0 bridgehead atoms. The largest absolute Gasteiger partial charge is 0.481 e. The molecule has 0 rings (SSSR count). The van der Waals surface area contributed by atoms with Gasteiger partial charge in [-0.25, -0.2) is 0 Å². The lowest BCUT2D eigenvalue weighted by molar-refractivity contribution is -0.150. The van der Waals surface area contributed by atoms with E-state index in [-0.39, 0.29) is 12.6 Å². The van der Waals surface area contributed by atoms with Crippen LogP contribution in [0, 0.1) is 5.92 Å². The normalized spacial score (nSPS) is 12.2. The molecule has 0 heterocycles. The second kappa shape index (κ2) is 5.57. The SMILES string of the molecule is CCCC(=O)OCC(C)C(=O)O. The number of carboxylic acids is 1. The average Bonchev–Trinajstić information content (AvgIpc) is 2.00. The summed E-state index contributed by atoms with van der Waals surface area (Å²) in [5.41, 5.74) is 0. The molecule has 0 aromatic carbocycles. The first-order valence-corrected chi connectivity index (χ1v) is 3.96. The van der Waals surface area contributed by atoms with Crippen LogP contribution < -0.4 is 0 Å². The van der Waals surface area contributed by atoms with Crippen molar-refractivity contribution in [2.75, 3.05) is 6.61 Å². The quantitative estimate of drug-likeness (QED) is 0.633. The van der Waals surface area contributed by atoms with Crippen molar-refractivity contribution in [1.82, 2.24) is 0 Å². The summed E-state index contributed by atoms with van der Waals surface area (Å²) in [5.74, 6) is -1.89. The lowest BCUT2D eigenvalue weighted by atomic mass is 10.2. The molecule has 0 fully saturated rings. The van der Waals surface area contributed by atoms with Crippen LogP contribution in [0.2, 0.25) is 0 Å². The molecule has 0 radical (unpaired) electrons. The van der Waals surface area contributed by atoms with E-state index in [0.717, 1.165) is 6.42 Å². The Morgan fingerprint density at radius 1 is 1.50 bits per heavy atom. The summed E-state index contributed by atoms with van der Waals surface area (Å²) in [7, 11) is 0. The number of hydrogen-bond donors (Lipinski definition) is 1. The fourth-order valence-electron chi connectivity index (χ4n) is 0.566. The van der Waals surface area contributed by atoms with E-state index in [1.807, 2.05) is 6.92 Å². The predicted octanol–water partition coefficient (Wildman–Crippen LogP) is 1.05. The monoisotopic (exact) mass is 174 g/mol. The third-order valence-corrected chi connectivity index (χ3v) is 1.37. The minimum atomic E-state index is -0.945. The third kappa shape index (κ3) is 4.71. The van der Waals surface area contributed by atoms with Crippen LogP contribution in [0.3, 0.4) is 0 Å². The Morgan fingerprint density at radius 2 is 2.08 bits per heavy atom. The van der Waals surface area contributed by atoms with Crippen molar-refractivity contribution in [3.63, 3.8) is 0 Å². The van der Waals surface area contributed by atoms with E-state index >= 15 is 0 Å². The number of carbonyl (C=O) groups excluding carboxylic acids is 1. The molecule has 0 saturated carbocycles. The first-order valence-electron chi connectivity index (χ1n) is 3.96. The van der Waals surface area contributed by atoms with Crippen LogP contribution in [0.1, 0.15) is 26.7 Å². The van der Waals surface area contributed by atoms with Gasteiger partial charge in [-0.15, -0.1) is 0 Å². The summed E-state index contributed by atoms with van der Waals surface area (Å²) in [4.78, 5) is 21.0. The standard InChI is InChI=1S/C8H14O4/c1-3-4-7(9)12-5-6(2)8(10)11/h6H,3-5H2,1-2H3,(H,10,11). The molecule has 0 amide bonds. The molecular formula is C8H14O4. The minimum absolute atomic E-state index is 0.0336. The van der Waals surface area contributed by atoms with Crippen molar-refractivity contribution >= 4 is 11.9 Å². The van der Waals surface area contributed by atoms with Crippen molar-refractivity contribution in [3.05, 3.63) is 0 Å². The molecule has 4 heteroatoms. The number of ether oxygens (including phenoxy) is 1. The van der Waals surface area contributed by atoms with E-state index in [0.29, 0.717) is 6.42 Å². The summed E-state index contributed by atoms with van der Waals surface area (Å²) < 4.78 is 4.69. The number of carboxylic acid groups (broad SMARTS) is 1. The number of rotatable bonds is 5. The second-order valence-electron chi connectivity index (χ2n) is 2.67. The highest BCUT2D eigenvalue weighted by Gasteiger charge is 2.12. The van der Waals surface area contributed by atoms with Gasteiger partial charge < -0.3 is 9.84 Å². The van der Waals surface area contributed by atoms with Gasteiger partial charge in [-0.2, -0.15) is 0 Å². The molecule has 0 saturated heterocycles. The average molecular weight is 174 g/mol. The molecule has 0 aromatic rings. The molecular weight excluding hydrogens is 160 g/mol. The van der Waals surface area contributed by atoms with Gasteiger partial charge in [-0.3, -0.25) is 9.59 Å². The number of hydrogen-bond acceptors (Lipinski definition) is 3. The fourth-order valence-corrected chi connectivity index (χ4v) is 0.566. The van der Waals surface area contributed by atoms with Crippen molar-refractivity contribution < 1.29 is 19.4 Å². The zero-order valence-corrected chi connectivity index (χ0v) is 7.37. The van der Waals surface area contributed by atoms with Gasteiger partial charge in [0.05, 0.1) is 5.92 Å². The smallest absolute Gasteiger partial charge is 0.309 e. The van der Waals surface area contributed by atoms with Crippen LogP contribution in [-0.2, 0) is 14.3 Å². The molecule has 1 unspecified atom stereocenters.